The molecule has 2 aromatic rings. The molecule has 18 heavy (non-hydrogen) atoms. The molecule has 0 spiro atoms. The fourth-order valence-electron chi connectivity index (χ4n) is 1.57. The summed E-state index contributed by atoms with van der Waals surface area (Å²) in [5.74, 6) is 0.724. The number of ether oxygens (including phenoxy) is 1. The Morgan fingerprint density at radius 2 is 2.17 bits per heavy atom. The van der Waals surface area contributed by atoms with E-state index in [2.05, 4.69) is 4.98 Å². The van der Waals surface area contributed by atoms with Crippen molar-refractivity contribution in [1.29, 1.82) is 5.41 Å². The summed E-state index contributed by atoms with van der Waals surface area (Å²) >= 11 is 0. The molecule has 3 N–H and O–H groups in total. The molecule has 2 rings (SSSR count). The third-order valence-corrected chi connectivity index (χ3v) is 2.64. The van der Waals surface area contributed by atoms with E-state index >= 15 is 0 Å². The highest BCUT2D eigenvalue weighted by Crippen LogP contribution is 2.15. The zero-order chi connectivity index (χ0) is 13.0. The van der Waals surface area contributed by atoms with Gasteiger partial charge in [0.15, 0.2) is 0 Å². The Morgan fingerprint density at radius 3 is 2.89 bits per heavy atom. The van der Waals surface area contributed by atoms with E-state index in [1.54, 1.807) is 18.3 Å². The molecule has 92 valence electrons. The van der Waals surface area contributed by atoms with E-state index in [-0.39, 0.29) is 5.84 Å². The molecule has 0 fully saturated rings. The first-order valence-electron chi connectivity index (χ1n) is 5.64. The van der Waals surface area contributed by atoms with Crippen molar-refractivity contribution in [3.05, 3.63) is 59.4 Å². The van der Waals surface area contributed by atoms with Gasteiger partial charge in [-0.3, -0.25) is 10.4 Å². The molecule has 0 unspecified atom stereocenters. The lowest BCUT2D eigenvalue weighted by molar-refractivity contribution is 0.300. The molecule has 4 nitrogen and oxygen atoms in total. The number of nitrogen functional groups attached to an aromatic ring is 1. The van der Waals surface area contributed by atoms with Crippen LogP contribution in [0.4, 0.5) is 0 Å². The molecule has 0 bridgehead atoms. The van der Waals surface area contributed by atoms with Crippen LogP contribution in [0, 0.1) is 12.3 Å². The van der Waals surface area contributed by atoms with Gasteiger partial charge in [-0.05, 0) is 30.7 Å². The number of nitrogens with one attached hydrogen (secondary N) is 1. The minimum Gasteiger partial charge on any atom is -0.487 e. The van der Waals surface area contributed by atoms with E-state index in [1.807, 2.05) is 31.2 Å². The van der Waals surface area contributed by atoms with E-state index in [9.17, 15) is 0 Å². The molecular formula is C14H15N3O. The van der Waals surface area contributed by atoms with Gasteiger partial charge in [0.05, 0.1) is 5.69 Å². The van der Waals surface area contributed by atoms with E-state index in [4.69, 9.17) is 15.9 Å². The van der Waals surface area contributed by atoms with Gasteiger partial charge in [0.1, 0.15) is 18.2 Å². The molecule has 1 aromatic carbocycles. The van der Waals surface area contributed by atoms with Gasteiger partial charge in [0, 0.05) is 11.8 Å². The first-order valence-corrected chi connectivity index (χ1v) is 5.64. The zero-order valence-electron chi connectivity index (χ0n) is 10.2. The number of hydrogen-bond donors (Lipinski definition) is 2. The molecule has 0 saturated carbocycles. The van der Waals surface area contributed by atoms with Crippen LogP contribution in [-0.2, 0) is 6.61 Å². The highest BCUT2D eigenvalue weighted by atomic mass is 16.5. The summed E-state index contributed by atoms with van der Waals surface area (Å²) in [5.41, 5.74) is 8.09. The first-order chi connectivity index (χ1) is 8.66. The van der Waals surface area contributed by atoms with E-state index in [0.717, 1.165) is 11.3 Å². The average Bonchev–Trinajstić information content (AvgIpc) is 2.38. The molecule has 0 amide bonds. The van der Waals surface area contributed by atoms with Crippen molar-refractivity contribution in [2.24, 2.45) is 5.73 Å². The molecule has 0 saturated heterocycles. The van der Waals surface area contributed by atoms with Gasteiger partial charge in [-0.15, -0.1) is 0 Å². The summed E-state index contributed by atoms with van der Waals surface area (Å²) in [6.45, 7) is 2.41. The Morgan fingerprint density at radius 1 is 1.33 bits per heavy atom. The third-order valence-electron chi connectivity index (χ3n) is 2.64. The van der Waals surface area contributed by atoms with Crippen LogP contribution in [0.5, 0.6) is 5.75 Å². The molecule has 0 aliphatic heterocycles. The fraction of sp³-hybridized carbons (Fsp3) is 0.143. The van der Waals surface area contributed by atoms with Crippen LogP contribution in [0.3, 0.4) is 0 Å². The van der Waals surface area contributed by atoms with Gasteiger partial charge in [-0.2, -0.15) is 0 Å². The number of amidine groups is 1. The molecule has 0 aliphatic carbocycles. The van der Waals surface area contributed by atoms with Gasteiger partial charge in [-0.1, -0.05) is 18.2 Å². The maximum absolute atomic E-state index is 7.37. The standard InChI is InChI=1S/C14H15N3O/c1-10-4-3-7-17-13(10)9-18-12-6-2-5-11(8-12)14(15)16/h2-8H,9H2,1H3,(H3,15,16). The van der Waals surface area contributed by atoms with E-state index in [0.29, 0.717) is 17.9 Å². The molecule has 0 atom stereocenters. The van der Waals surface area contributed by atoms with Crippen molar-refractivity contribution in [2.45, 2.75) is 13.5 Å². The van der Waals surface area contributed by atoms with Crippen molar-refractivity contribution in [3.8, 4) is 5.75 Å². The minimum atomic E-state index is 0.0365. The number of hydrogen-bond acceptors (Lipinski definition) is 3. The van der Waals surface area contributed by atoms with Crippen molar-refractivity contribution in [1.82, 2.24) is 4.98 Å². The number of nitrogens with two attached hydrogens (primary N) is 1. The van der Waals surface area contributed by atoms with Gasteiger partial charge in [-0.25, -0.2) is 0 Å². The first kappa shape index (κ1) is 12.1. The second-order valence-corrected chi connectivity index (χ2v) is 4.00. The van der Waals surface area contributed by atoms with Crippen LogP contribution in [0.25, 0.3) is 0 Å². The summed E-state index contributed by atoms with van der Waals surface area (Å²) < 4.78 is 5.65. The average molecular weight is 241 g/mol. The Labute approximate surface area is 106 Å². The van der Waals surface area contributed by atoms with Crippen LogP contribution in [0.2, 0.25) is 0 Å². The topological polar surface area (TPSA) is 72.0 Å². The Kier molecular flexibility index (Phi) is 3.57. The lowest BCUT2D eigenvalue weighted by atomic mass is 10.2. The lowest BCUT2D eigenvalue weighted by Crippen LogP contribution is -2.11. The van der Waals surface area contributed by atoms with Crippen molar-refractivity contribution in [2.75, 3.05) is 0 Å². The molecule has 0 radical (unpaired) electrons. The number of aromatic nitrogens is 1. The van der Waals surface area contributed by atoms with Crippen LogP contribution in [0.1, 0.15) is 16.8 Å². The smallest absolute Gasteiger partial charge is 0.130 e. The fourth-order valence-corrected chi connectivity index (χ4v) is 1.57. The Hall–Kier alpha value is -2.36. The predicted molar refractivity (Wildman–Crippen MR) is 70.8 cm³/mol. The van der Waals surface area contributed by atoms with E-state index < -0.39 is 0 Å². The van der Waals surface area contributed by atoms with Gasteiger partial charge in [0.2, 0.25) is 0 Å². The molecule has 4 heteroatoms. The molecule has 0 aliphatic rings. The summed E-state index contributed by atoms with van der Waals surface area (Å²) in [7, 11) is 0. The summed E-state index contributed by atoms with van der Waals surface area (Å²) in [4.78, 5) is 4.26. The monoisotopic (exact) mass is 241 g/mol. The predicted octanol–water partition coefficient (Wildman–Crippen LogP) is 2.25. The van der Waals surface area contributed by atoms with Crippen LogP contribution < -0.4 is 10.5 Å². The second-order valence-electron chi connectivity index (χ2n) is 4.00. The number of pyridine rings is 1. The highest BCUT2D eigenvalue weighted by molar-refractivity contribution is 5.95. The SMILES string of the molecule is Cc1cccnc1COc1cccc(C(=N)N)c1. The molecule has 1 heterocycles. The zero-order valence-corrected chi connectivity index (χ0v) is 10.2. The summed E-state index contributed by atoms with van der Waals surface area (Å²) in [6, 6.07) is 11.1. The number of nitrogens with zero attached hydrogens (tertiary/aromatic N) is 1. The van der Waals surface area contributed by atoms with Crippen LogP contribution in [0.15, 0.2) is 42.6 Å². The van der Waals surface area contributed by atoms with Crippen LogP contribution >= 0.6 is 0 Å². The number of aryl methyl sites for hydroxylation is 1. The number of benzene rings is 1. The van der Waals surface area contributed by atoms with E-state index in [1.165, 1.54) is 0 Å². The quantitative estimate of drug-likeness (QED) is 0.637. The third kappa shape index (κ3) is 2.85. The number of rotatable bonds is 4. The van der Waals surface area contributed by atoms with Gasteiger partial charge in [0.25, 0.3) is 0 Å². The normalized spacial score (nSPS) is 10.1. The van der Waals surface area contributed by atoms with Gasteiger partial charge >= 0.3 is 0 Å². The summed E-state index contributed by atoms with van der Waals surface area (Å²) in [6.07, 6.45) is 1.75. The Balaban J connectivity index is 2.09. The second kappa shape index (κ2) is 5.31. The lowest BCUT2D eigenvalue weighted by Gasteiger charge is -2.08. The maximum Gasteiger partial charge on any atom is 0.130 e. The van der Waals surface area contributed by atoms with Crippen molar-refractivity contribution >= 4 is 5.84 Å². The van der Waals surface area contributed by atoms with Gasteiger partial charge < -0.3 is 10.5 Å². The largest absolute Gasteiger partial charge is 0.487 e. The summed E-state index contributed by atoms with van der Waals surface area (Å²) in [5, 5.41) is 7.37. The van der Waals surface area contributed by atoms with Crippen molar-refractivity contribution < 1.29 is 4.74 Å². The Bertz CT molecular complexity index is 566. The minimum absolute atomic E-state index is 0.0365. The maximum atomic E-state index is 7.37. The highest BCUT2D eigenvalue weighted by Gasteiger charge is 2.02. The molecular weight excluding hydrogens is 226 g/mol. The van der Waals surface area contributed by atoms with Crippen LogP contribution in [-0.4, -0.2) is 10.8 Å². The molecule has 1 aromatic heterocycles. The van der Waals surface area contributed by atoms with Crippen molar-refractivity contribution in [3.63, 3.8) is 0 Å².